The van der Waals surface area contributed by atoms with Gasteiger partial charge in [-0.1, -0.05) is 34.9 Å². The van der Waals surface area contributed by atoms with Crippen LogP contribution in [0, 0.1) is 12.3 Å². The predicted molar refractivity (Wildman–Crippen MR) is 87.7 cm³/mol. The first kappa shape index (κ1) is 17.5. The molecule has 5 heteroatoms. The maximum atomic E-state index is 11.4. The van der Waals surface area contributed by atoms with Gasteiger partial charge in [0, 0.05) is 24.6 Å². The van der Waals surface area contributed by atoms with Crippen molar-refractivity contribution in [2.75, 3.05) is 0 Å². The van der Waals surface area contributed by atoms with Crippen LogP contribution >= 0.6 is 15.9 Å². The molecule has 4 nitrogen and oxygen atoms in total. The minimum atomic E-state index is -0.268. The molecule has 0 radical (unpaired) electrons. The van der Waals surface area contributed by atoms with Crippen LogP contribution in [0.4, 0.5) is 0 Å². The van der Waals surface area contributed by atoms with Crippen LogP contribution in [0.25, 0.3) is 0 Å². The molecular weight excluding hydrogens is 348 g/mol. The summed E-state index contributed by atoms with van der Waals surface area (Å²) in [6, 6.07) is 0. The second-order valence-corrected chi connectivity index (χ2v) is 6.95. The fourth-order valence-electron chi connectivity index (χ4n) is 3.13. The Labute approximate surface area is 140 Å². The van der Waals surface area contributed by atoms with Crippen LogP contribution in [-0.4, -0.2) is 41.3 Å². The molecule has 0 saturated carbocycles. The van der Waals surface area contributed by atoms with E-state index in [9.17, 15) is 4.79 Å². The number of rotatable bonds is 4. The summed E-state index contributed by atoms with van der Waals surface area (Å²) in [6.45, 7) is 3.54. The summed E-state index contributed by atoms with van der Waals surface area (Å²) >= 11 is 3.68. The molecule has 0 unspecified atom stereocenters. The fourth-order valence-corrected chi connectivity index (χ4v) is 4.00. The Morgan fingerprint density at radius 1 is 1.36 bits per heavy atom. The lowest BCUT2D eigenvalue weighted by Gasteiger charge is -2.32. The highest BCUT2D eigenvalue weighted by Crippen LogP contribution is 2.36. The molecular formula is C17H23BrO4. The number of carbonyl (C=O) groups is 1. The molecule has 0 aromatic heterocycles. The monoisotopic (exact) mass is 370 g/mol. The maximum absolute atomic E-state index is 11.4. The standard InChI is InChI=1S/C17H23BrO4/c1-4-6-7-8-14-16-10-17(22-14)15(20-11(3)19)9-12(18)13(5-2)21-16/h1,6-7,12-17H,5,8-10H2,2-3H3/b7-6+/t12-,13+,14-,15+,16+,17+/m0/s1. The average molecular weight is 371 g/mol. The summed E-state index contributed by atoms with van der Waals surface area (Å²) in [7, 11) is 0. The van der Waals surface area contributed by atoms with Crippen molar-refractivity contribution < 1.29 is 19.0 Å². The summed E-state index contributed by atoms with van der Waals surface area (Å²) in [6.07, 6.45) is 11.6. The molecule has 2 heterocycles. The van der Waals surface area contributed by atoms with Gasteiger partial charge < -0.3 is 14.2 Å². The number of esters is 1. The van der Waals surface area contributed by atoms with Gasteiger partial charge in [0.25, 0.3) is 0 Å². The van der Waals surface area contributed by atoms with Gasteiger partial charge in [-0.15, -0.1) is 6.42 Å². The second-order valence-electron chi connectivity index (χ2n) is 5.77. The minimum Gasteiger partial charge on any atom is -0.460 e. The Hall–Kier alpha value is -0.830. The molecule has 0 aliphatic carbocycles. The molecule has 22 heavy (non-hydrogen) atoms. The smallest absolute Gasteiger partial charge is 0.302 e. The van der Waals surface area contributed by atoms with Crippen molar-refractivity contribution in [3.63, 3.8) is 0 Å². The molecule has 2 aliphatic rings. The molecule has 0 aromatic rings. The Bertz CT molecular complexity index is 456. The van der Waals surface area contributed by atoms with Crippen molar-refractivity contribution in [1.29, 1.82) is 0 Å². The maximum Gasteiger partial charge on any atom is 0.302 e. The Morgan fingerprint density at radius 3 is 2.73 bits per heavy atom. The number of carbonyl (C=O) groups excluding carboxylic acids is 1. The normalized spacial score (nSPS) is 38.3. The van der Waals surface area contributed by atoms with Gasteiger partial charge in [-0.05, 0) is 18.9 Å². The van der Waals surface area contributed by atoms with Gasteiger partial charge in [0.15, 0.2) is 0 Å². The van der Waals surface area contributed by atoms with Crippen molar-refractivity contribution in [3.8, 4) is 12.3 Å². The first-order chi connectivity index (χ1) is 10.5. The molecule has 0 N–H and O–H groups in total. The van der Waals surface area contributed by atoms with E-state index in [1.165, 1.54) is 6.92 Å². The Balaban J connectivity index is 2.14. The largest absolute Gasteiger partial charge is 0.460 e. The van der Waals surface area contributed by atoms with Crippen molar-refractivity contribution in [2.45, 2.75) is 74.9 Å². The van der Waals surface area contributed by atoms with E-state index >= 15 is 0 Å². The molecule has 2 rings (SSSR count). The van der Waals surface area contributed by atoms with Crippen LogP contribution in [0.15, 0.2) is 12.2 Å². The SMILES string of the molecule is C#C/C=C/C[C@@H]1O[C@@H]2C[C@H]1O[C@H](CC)[C@@H](Br)C[C@H]2OC(C)=O. The van der Waals surface area contributed by atoms with Crippen molar-refractivity contribution in [3.05, 3.63) is 12.2 Å². The van der Waals surface area contributed by atoms with Gasteiger partial charge in [-0.3, -0.25) is 4.79 Å². The van der Waals surface area contributed by atoms with Gasteiger partial charge in [0.2, 0.25) is 0 Å². The number of halogens is 1. The van der Waals surface area contributed by atoms with E-state index in [0.29, 0.717) is 12.8 Å². The Morgan fingerprint density at radius 2 is 2.09 bits per heavy atom. The summed E-state index contributed by atoms with van der Waals surface area (Å²) in [4.78, 5) is 11.5. The number of hydrogen-bond acceptors (Lipinski definition) is 4. The highest BCUT2D eigenvalue weighted by Gasteiger charge is 2.45. The molecule has 2 aliphatic heterocycles. The number of terminal acetylenes is 1. The zero-order valence-corrected chi connectivity index (χ0v) is 14.6. The van der Waals surface area contributed by atoms with Crippen LogP contribution in [-0.2, 0) is 19.0 Å². The first-order valence-corrected chi connectivity index (χ1v) is 8.70. The number of hydrogen-bond donors (Lipinski definition) is 0. The summed E-state index contributed by atoms with van der Waals surface area (Å²) < 4.78 is 17.8. The minimum absolute atomic E-state index is 0.00998. The molecule has 6 atom stereocenters. The molecule has 2 bridgehead atoms. The first-order valence-electron chi connectivity index (χ1n) is 7.78. The lowest BCUT2D eigenvalue weighted by atomic mass is 9.97. The zero-order valence-electron chi connectivity index (χ0n) is 13.0. The number of alkyl halides is 1. The van der Waals surface area contributed by atoms with Gasteiger partial charge >= 0.3 is 5.97 Å². The molecule has 122 valence electrons. The van der Waals surface area contributed by atoms with E-state index in [0.717, 1.165) is 12.8 Å². The molecule has 2 fully saturated rings. The molecule has 0 aromatic carbocycles. The lowest BCUT2D eigenvalue weighted by Crippen LogP contribution is -2.40. The average Bonchev–Trinajstić information content (AvgIpc) is 2.87. The summed E-state index contributed by atoms with van der Waals surface area (Å²) in [5.41, 5.74) is 0. The zero-order chi connectivity index (χ0) is 16.1. The van der Waals surface area contributed by atoms with E-state index in [-0.39, 0.29) is 41.3 Å². The van der Waals surface area contributed by atoms with Crippen LogP contribution in [0.5, 0.6) is 0 Å². The van der Waals surface area contributed by atoms with Crippen molar-refractivity contribution in [1.82, 2.24) is 0 Å². The molecule has 0 spiro atoms. The fraction of sp³-hybridized carbons (Fsp3) is 0.706. The second kappa shape index (κ2) is 8.14. The van der Waals surface area contributed by atoms with Crippen molar-refractivity contribution >= 4 is 21.9 Å². The quantitative estimate of drug-likeness (QED) is 0.433. The third-order valence-electron chi connectivity index (χ3n) is 4.16. The third-order valence-corrected chi connectivity index (χ3v) is 5.12. The van der Waals surface area contributed by atoms with Crippen LogP contribution in [0.1, 0.15) is 39.5 Å². The van der Waals surface area contributed by atoms with E-state index in [4.69, 9.17) is 20.6 Å². The van der Waals surface area contributed by atoms with E-state index in [2.05, 4.69) is 28.8 Å². The Kier molecular flexibility index (Phi) is 6.49. The van der Waals surface area contributed by atoms with Crippen LogP contribution in [0.2, 0.25) is 0 Å². The van der Waals surface area contributed by atoms with Crippen molar-refractivity contribution in [2.24, 2.45) is 0 Å². The highest BCUT2D eigenvalue weighted by molar-refractivity contribution is 9.09. The summed E-state index contributed by atoms with van der Waals surface area (Å²) in [5, 5.41) is 0. The number of fused-ring (bicyclic) bond motifs is 2. The van der Waals surface area contributed by atoms with Gasteiger partial charge in [-0.25, -0.2) is 0 Å². The van der Waals surface area contributed by atoms with Crippen LogP contribution in [0.3, 0.4) is 0 Å². The van der Waals surface area contributed by atoms with E-state index < -0.39 is 0 Å². The summed E-state index contributed by atoms with van der Waals surface area (Å²) in [5.74, 6) is 2.22. The third kappa shape index (κ3) is 4.34. The van der Waals surface area contributed by atoms with Gasteiger partial charge in [-0.2, -0.15) is 0 Å². The predicted octanol–water partition coefficient (Wildman–Crippen LogP) is 2.99. The van der Waals surface area contributed by atoms with Crippen LogP contribution < -0.4 is 0 Å². The number of ether oxygens (including phenoxy) is 3. The molecule has 2 saturated heterocycles. The topological polar surface area (TPSA) is 44.8 Å². The van der Waals surface area contributed by atoms with E-state index in [1.807, 2.05) is 6.08 Å². The lowest BCUT2D eigenvalue weighted by molar-refractivity contribution is -0.155. The number of allylic oxidation sites excluding steroid dienone is 1. The van der Waals surface area contributed by atoms with Gasteiger partial charge in [0.05, 0.1) is 24.4 Å². The van der Waals surface area contributed by atoms with E-state index in [1.54, 1.807) is 6.08 Å². The van der Waals surface area contributed by atoms with Gasteiger partial charge in [0.1, 0.15) is 6.10 Å². The highest BCUT2D eigenvalue weighted by atomic mass is 79.9. The molecule has 0 amide bonds.